The number of carbonyl (C=O) groups is 1. The minimum absolute atomic E-state index is 0.100. The van der Waals surface area contributed by atoms with Crippen molar-refractivity contribution in [3.63, 3.8) is 0 Å². The maximum atomic E-state index is 12.3. The SMILES string of the molecule is CN(CC(=O)Nc1cnc(-c2cccc(O)c2)nc1)S(=O)(=O)c1cccs1. The molecule has 1 amide bonds. The van der Waals surface area contributed by atoms with Crippen LogP contribution in [0.5, 0.6) is 5.75 Å². The molecule has 0 aliphatic heterocycles. The lowest BCUT2D eigenvalue weighted by Gasteiger charge is -2.15. The van der Waals surface area contributed by atoms with Crippen molar-refractivity contribution < 1.29 is 18.3 Å². The predicted molar refractivity (Wildman–Crippen MR) is 102 cm³/mol. The fraction of sp³-hybridized carbons (Fsp3) is 0.118. The normalized spacial score (nSPS) is 11.5. The van der Waals surface area contributed by atoms with Gasteiger partial charge in [0.05, 0.1) is 24.6 Å². The average molecular weight is 404 g/mol. The average Bonchev–Trinajstić information content (AvgIpc) is 3.17. The van der Waals surface area contributed by atoms with Crippen LogP contribution in [-0.4, -0.2) is 47.3 Å². The molecule has 3 aromatic rings. The van der Waals surface area contributed by atoms with Gasteiger partial charge >= 0.3 is 0 Å². The van der Waals surface area contributed by atoms with Crippen LogP contribution in [-0.2, 0) is 14.8 Å². The van der Waals surface area contributed by atoms with Crippen molar-refractivity contribution in [2.24, 2.45) is 0 Å². The molecule has 0 atom stereocenters. The number of phenols is 1. The van der Waals surface area contributed by atoms with E-state index in [1.54, 1.807) is 29.6 Å². The van der Waals surface area contributed by atoms with Gasteiger partial charge in [-0.25, -0.2) is 18.4 Å². The van der Waals surface area contributed by atoms with E-state index in [-0.39, 0.29) is 16.5 Å². The number of rotatable bonds is 6. The van der Waals surface area contributed by atoms with Gasteiger partial charge in [-0.1, -0.05) is 18.2 Å². The molecular weight excluding hydrogens is 388 g/mol. The van der Waals surface area contributed by atoms with Crippen molar-refractivity contribution in [3.8, 4) is 17.1 Å². The van der Waals surface area contributed by atoms with Gasteiger partial charge in [0.15, 0.2) is 5.82 Å². The largest absolute Gasteiger partial charge is 0.508 e. The van der Waals surface area contributed by atoms with E-state index >= 15 is 0 Å². The number of benzene rings is 1. The number of anilines is 1. The summed E-state index contributed by atoms with van der Waals surface area (Å²) in [4.78, 5) is 20.4. The number of nitrogens with one attached hydrogen (secondary N) is 1. The summed E-state index contributed by atoms with van der Waals surface area (Å²) in [6.07, 6.45) is 2.83. The lowest BCUT2D eigenvalue weighted by molar-refractivity contribution is -0.116. The van der Waals surface area contributed by atoms with Crippen molar-refractivity contribution in [1.29, 1.82) is 0 Å². The maximum Gasteiger partial charge on any atom is 0.252 e. The lowest BCUT2D eigenvalue weighted by Crippen LogP contribution is -2.34. The Balaban J connectivity index is 1.64. The van der Waals surface area contributed by atoms with Crippen LogP contribution in [0.4, 0.5) is 5.69 Å². The third kappa shape index (κ3) is 4.48. The molecule has 2 heterocycles. The third-order valence-corrected chi connectivity index (χ3v) is 6.74. The Morgan fingerprint density at radius 1 is 1.22 bits per heavy atom. The molecule has 0 saturated carbocycles. The molecule has 140 valence electrons. The molecule has 0 fully saturated rings. The highest BCUT2D eigenvalue weighted by Crippen LogP contribution is 2.21. The summed E-state index contributed by atoms with van der Waals surface area (Å²) < 4.78 is 25.8. The summed E-state index contributed by atoms with van der Waals surface area (Å²) in [7, 11) is -2.35. The monoisotopic (exact) mass is 404 g/mol. The molecule has 10 heteroatoms. The van der Waals surface area contributed by atoms with Crippen molar-refractivity contribution in [2.45, 2.75) is 4.21 Å². The minimum Gasteiger partial charge on any atom is -0.508 e. The molecule has 0 aliphatic carbocycles. The molecule has 2 N–H and O–H groups in total. The van der Waals surface area contributed by atoms with E-state index in [4.69, 9.17) is 0 Å². The van der Waals surface area contributed by atoms with Gasteiger partial charge in [0.2, 0.25) is 5.91 Å². The Hall–Kier alpha value is -2.82. The van der Waals surface area contributed by atoms with Gasteiger partial charge in [-0.15, -0.1) is 11.3 Å². The summed E-state index contributed by atoms with van der Waals surface area (Å²) >= 11 is 1.09. The summed E-state index contributed by atoms with van der Waals surface area (Å²) in [5.41, 5.74) is 0.973. The van der Waals surface area contributed by atoms with Gasteiger partial charge in [0.25, 0.3) is 10.0 Å². The first-order valence-corrected chi connectivity index (χ1v) is 10.1. The highest BCUT2D eigenvalue weighted by molar-refractivity contribution is 7.91. The standard InChI is InChI=1S/C17H16N4O4S2/c1-21(27(24,25)16-6-3-7-26-16)11-15(23)20-13-9-18-17(19-10-13)12-4-2-5-14(22)8-12/h2-10,22H,11H2,1H3,(H,20,23). The molecule has 0 spiro atoms. The smallest absolute Gasteiger partial charge is 0.252 e. The molecule has 0 aliphatic rings. The molecular formula is C17H16N4O4S2. The summed E-state index contributed by atoms with van der Waals surface area (Å²) in [6, 6.07) is 9.61. The number of thiophene rings is 1. The van der Waals surface area contributed by atoms with Crippen LogP contribution in [0.1, 0.15) is 0 Å². The fourth-order valence-electron chi connectivity index (χ4n) is 2.24. The van der Waals surface area contributed by atoms with E-state index in [0.717, 1.165) is 15.6 Å². The number of phenolic OH excluding ortho intramolecular Hbond substituents is 1. The first-order chi connectivity index (χ1) is 12.9. The Morgan fingerprint density at radius 3 is 2.59 bits per heavy atom. The maximum absolute atomic E-state index is 12.3. The van der Waals surface area contributed by atoms with Crippen molar-refractivity contribution >= 4 is 33.0 Å². The zero-order chi connectivity index (χ0) is 19.4. The van der Waals surface area contributed by atoms with Crippen LogP contribution in [0.2, 0.25) is 0 Å². The lowest BCUT2D eigenvalue weighted by atomic mass is 10.2. The van der Waals surface area contributed by atoms with Gasteiger partial charge < -0.3 is 10.4 Å². The van der Waals surface area contributed by atoms with Crippen LogP contribution >= 0.6 is 11.3 Å². The van der Waals surface area contributed by atoms with Crippen molar-refractivity contribution in [1.82, 2.24) is 14.3 Å². The Kier molecular flexibility index (Phi) is 5.49. The Labute approximate surface area is 160 Å². The highest BCUT2D eigenvalue weighted by atomic mass is 32.2. The number of sulfonamides is 1. The zero-order valence-electron chi connectivity index (χ0n) is 14.2. The molecule has 2 aromatic heterocycles. The Bertz CT molecular complexity index is 1040. The van der Waals surface area contributed by atoms with Gasteiger partial charge in [-0.3, -0.25) is 4.79 Å². The quantitative estimate of drug-likeness (QED) is 0.651. The molecule has 8 nitrogen and oxygen atoms in total. The van der Waals surface area contributed by atoms with E-state index in [9.17, 15) is 18.3 Å². The highest BCUT2D eigenvalue weighted by Gasteiger charge is 2.23. The number of likely N-dealkylation sites (N-methyl/N-ethyl adjacent to an activating group) is 1. The second-order valence-electron chi connectivity index (χ2n) is 5.59. The number of nitrogens with zero attached hydrogens (tertiary/aromatic N) is 3. The van der Waals surface area contributed by atoms with E-state index in [0.29, 0.717) is 17.1 Å². The number of carbonyl (C=O) groups excluding carboxylic acids is 1. The van der Waals surface area contributed by atoms with Crippen LogP contribution in [0, 0.1) is 0 Å². The van der Waals surface area contributed by atoms with Crippen LogP contribution in [0.15, 0.2) is 58.4 Å². The van der Waals surface area contributed by atoms with Crippen LogP contribution in [0.25, 0.3) is 11.4 Å². The van der Waals surface area contributed by atoms with Crippen LogP contribution < -0.4 is 5.32 Å². The number of amides is 1. The number of hydrogen-bond donors (Lipinski definition) is 2. The summed E-state index contributed by atoms with van der Waals surface area (Å²) in [5, 5.41) is 13.7. The van der Waals surface area contributed by atoms with Gasteiger partial charge in [-0.05, 0) is 23.6 Å². The molecule has 3 rings (SSSR count). The van der Waals surface area contributed by atoms with Gasteiger partial charge in [0, 0.05) is 12.6 Å². The third-order valence-electron chi connectivity index (χ3n) is 3.57. The molecule has 0 radical (unpaired) electrons. The first kappa shape index (κ1) is 19.0. The van der Waals surface area contributed by atoms with Gasteiger partial charge in [-0.2, -0.15) is 4.31 Å². The molecule has 0 unspecified atom stereocenters. The number of aromatic nitrogens is 2. The first-order valence-electron chi connectivity index (χ1n) is 7.77. The van der Waals surface area contributed by atoms with Gasteiger partial charge in [0.1, 0.15) is 9.96 Å². The second kappa shape index (κ2) is 7.82. The Morgan fingerprint density at radius 2 is 1.96 bits per heavy atom. The number of aromatic hydroxyl groups is 1. The topological polar surface area (TPSA) is 112 Å². The van der Waals surface area contributed by atoms with E-state index < -0.39 is 15.9 Å². The molecule has 0 saturated heterocycles. The van der Waals surface area contributed by atoms with Crippen molar-refractivity contribution in [3.05, 3.63) is 54.2 Å². The predicted octanol–water partition coefficient (Wildman–Crippen LogP) is 2.17. The summed E-state index contributed by atoms with van der Waals surface area (Å²) in [5.74, 6) is -0.0175. The van der Waals surface area contributed by atoms with E-state index in [1.807, 2.05) is 0 Å². The van der Waals surface area contributed by atoms with Crippen molar-refractivity contribution in [2.75, 3.05) is 18.9 Å². The number of hydrogen-bond acceptors (Lipinski definition) is 7. The fourth-order valence-corrected chi connectivity index (χ4v) is 4.57. The van der Waals surface area contributed by atoms with E-state index in [1.165, 1.54) is 31.6 Å². The molecule has 27 heavy (non-hydrogen) atoms. The second-order valence-corrected chi connectivity index (χ2v) is 8.81. The minimum atomic E-state index is -3.69. The van der Waals surface area contributed by atoms with E-state index in [2.05, 4.69) is 15.3 Å². The zero-order valence-corrected chi connectivity index (χ0v) is 15.9. The molecule has 0 bridgehead atoms. The van der Waals surface area contributed by atoms with Crippen LogP contribution in [0.3, 0.4) is 0 Å². The molecule has 1 aromatic carbocycles. The summed E-state index contributed by atoms with van der Waals surface area (Å²) in [6.45, 7) is -0.339.